The van der Waals surface area contributed by atoms with Gasteiger partial charge in [0.1, 0.15) is 5.82 Å². The average molecular weight is 510 g/mol. The van der Waals surface area contributed by atoms with Crippen LogP contribution in [0.15, 0.2) is 35.4 Å². The number of halogens is 1. The number of aromatic nitrogens is 2. The van der Waals surface area contributed by atoms with E-state index in [1.807, 2.05) is 13.8 Å². The fourth-order valence-corrected chi connectivity index (χ4v) is 4.76. The Morgan fingerprint density at radius 2 is 1.95 bits per heavy atom. The highest BCUT2D eigenvalue weighted by molar-refractivity contribution is 5.98. The van der Waals surface area contributed by atoms with Crippen molar-refractivity contribution in [3.63, 3.8) is 0 Å². The van der Waals surface area contributed by atoms with Crippen molar-refractivity contribution >= 4 is 22.6 Å². The summed E-state index contributed by atoms with van der Waals surface area (Å²) in [4.78, 5) is 43.6. The molecule has 0 bridgehead atoms. The van der Waals surface area contributed by atoms with Crippen LogP contribution in [0.25, 0.3) is 10.9 Å². The van der Waals surface area contributed by atoms with Crippen LogP contribution in [0.4, 0.5) is 4.39 Å². The van der Waals surface area contributed by atoms with E-state index in [-0.39, 0.29) is 36.5 Å². The molecule has 1 aromatic heterocycles. The Morgan fingerprint density at radius 1 is 1.19 bits per heavy atom. The van der Waals surface area contributed by atoms with E-state index in [0.717, 1.165) is 16.7 Å². The molecule has 0 spiro atoms. The van der Waals surface area contributed by atoms with E-state index in [4.69, 9.17) is 4.74 Å². The Kier molecular flexibility index (Phi) is 7.85. The van der Waals surface area contributed by atoms with Gasteiger partial charge in [0.2, 0.25) is 5.91 Å². The summed E-state index contributed by atoms with van der Waals surface area (Å²) >= 11 is 0. The minimum Gasteiger partial charge on any atom is -0.389 e. The third kappa shape index (κ3) is 5.47. The molecule has 1 aliphatic heterocycles. The number of nitrogens with zero attached hydrogens (tertiary/aromatic N) is 3. The number of hydrogen-bond donors (Lipinski definition) is 1. The van der Waals surface area contributed by atoms with E-state index in [9.17, 15) is 23.9 Å². The van der Waals surface area contributed by atoms with Gasteiger partial charge in [0.25, 0.3) is 5.56 Å². The highest BCUT2D eigenvalue weighted by Crippen LogP contribution is 2.26. The lowest BCUT2D eigenvalue weighted by Crippen LogP contribution is -2.39. The minimum absolute atomic E-state index is 0.0268. The molecule has 3 aromatic rings. The molecule has 1 N–H and O–H groups in total. The van der Waals surface area contributed by atoms with Crippen molar-refractivity contribution < 1.29 is 23.8 Å². The van der Waals surface area contributed by atoms with E-state index < -0.39 is 23.7 Å². The summed E-state index contributed by atoms with van der Waals surface area (Å²) in [5, 5.41) is 10.8. The maximum atomic E-state index is 14.9. The smallest absolute Gasteiger partial charge is 0.261 e. The van der Waals surface area contributed by atoms with E-state index in [2.05, 4.69) is 4.98 Å². The standard InChI is InChI=1S/C28H32FN3O5/c1-16-17(2)27-21(28(36)32(15-30-27)23-9-10-37-14-25(23)34)13-19(16)11-18-5-6-20(22(29)12-18)24(33)7-8-26(35)31(3)4/h5-6,12-13,15,23,25,34H,7-11,14H2,1-4H3/t23-,25-/m0/s1. The molecule has 1 aliphatic rings. The molecule has 9 heteroatoms. The van der Waals surface area contributed by atoms with Gasteiger partial charge in [-0.2, -0.15) is 0 Å². The maximum absolute atomic E-state index is 14.9. The van der Waals surface area contributed by atoms with Crippen LogP contribution in [-0.4, -0.2) is 64.7 Å². The van der Waals surface area contributed by atoms with Gasteiger partial charge in [-0.1, -0.05) is 6.07 Å². The summed E-state index contributed by atoms with van der Waals surface area (Å²) in [5.74, 6) is -1.24. The second-order valence-corrected chi connectivity index (χ2v) is 9.84. The zero-order valence-corrected chi connectivity index (χ0v) is 21.6. The Balaban J connectivity index is 1.62. The van der Waals surface area contributed by atoms with Crippen LogP contribution in [-0.2, 0) is 16.0 Å². The number of aliphatic hydroxyl groups is 1. The van der Waals surface area contributed by atoms with Crippen molar-refractivity contribution in [2.24, 2.45) is 0 Å². The second-order valence-electron chi connectivity index (χ2n) is 9.84. The van der Waals surface area contributed by atoms with Crippen LogP contribution < -0.4 is 5.56 Å². The SMILES string of the molecule is Cc1c(Cc2ccc(C(=O)CCC(=O)N(C)C)c(F)c2)cc2c(=O)n([C@H]3CCOC[C@@H]3O)cnc2c1C. The molecule has 2 atom stereocenters. The number of carbonyl (C=O) groups is 2. The lowest BCUT2D eigenvalue weighted by Gasteiger charge is -2.29. The van der Waals surface area contributed by atoms with Gasteiger partial charge >= 0.3 is 0 Å². The van der Waals surface area contributed by atoms with Crippen LogP contribution >= 0.6 is 0 Å². The molecular weight excluding hydrogens is 477 g/mol. The molecule has 8 nitrogen and oxygen atoms in total. The predicted octanol–water partition coefficient (Wildman–Crippen LogP) is 3.12. The van der Waals surface area contributed by atoms with Crippen molar-refractivity contribution in [2.75, 3.05) is 27.3 Å². The summed E-state index contributed by atoms with van der Waals surface area (Å²) in [6.07, 6.45) is 1.55. The van der Waals surface area contributed by atoms with E-state index >= 15 is 0 Å². The number of rotatable bonds is 7. The van der Waals surface area contributed by atoms with Crippen molar-refractivity contribution in [1.82, 2.24) is 14.5 Å². The molecule has 2 heterocycles. The van der Waals surface area contributed by atoms with E-state index in [1.165, 1.54) is 27.9 Å². The lowest BCUT2D eigenvalue weighted by molar-refractivity contribution is -0.128. The molecule has 196 valence electrons. The molecule has 4 rings (SSSR count). The average Bonchev–Trinajstić information content (AvgIpc) is 2.86. The lowest BCUT2D eigenvalue weighted by atomic mass is 9.93. The minimum atomic E-state index is -0.790. The molecular formula is C28H32FN3O5. The van der Waals surface area contributed by atoms with Crippen molar-refractivity contribution in [2.45, 2.75) is 51.7 Å². The Labute approximate surface area is 214 Å². The summed E-state index contributed by atoms with van der Waals surface area (Å²) < 4.78 is 21.6. The highest BCUT2D eigenvalue weighted by Gasteiger charge is 2.27. The first kappa shape index (κ1) is 26.6. The number of aryl methyl sites for hydroxylation is 1. The molecule has 0 unspecified atom stereocenters. The number of Topliss-reactive ketones (excluding diaryl/α,β-unsaturated/α-hetero) is 1. The Hall–Kier alpha value is -3.43. The summed E-state index contributed by atoms with van der Waals surface area (Å²) in [5.41, 5.74) is 3.65. The Morgan fingerprint density at radius 3 is 2.62 bits per heavy atom. The van der Waals surface area contributed by atoms with Crippen LogP contribution in [0.2, 0.25) is 0 Å². The largest absolute Gasteiger partial charge is 0.389 e. The van der Waals surface area contributed by atoms with E-state index in [0.29, 0.717) is 35.9 Å². The molecule has 1 fully saturated rings. The molecule has 2 aromatic carbocycles. The summed E-state index contributed by atoms with van der Waals surface area (Å²) in [6.45, 7) is 4.47. The first-order chi connectivity index (χ1) is 17.6. The maximum Gasteiger partial charge on any atom is 0.261 e. The number of hydrogen-bond acceptors (Lipinski definition) is 6. The van der Waals surface area contributed by atoms with Crippen LogP contribution in [0, 0.1) is 19.7 Å². The van der Waals surface area contributed by atoms with Gasteiger partial charge in [-0.25, -0.2) is 9.37 Å². The number of ether oxygens (including phenoxy) is 1. The van der Waals surface area contributed by atoms with E-state index in [1.54, 1.807) is 26.2 Å². The highest BCUT2D eigenvalue weighted by atomic mass is 19.1. The second kappa shape index (κ2) is 10.9. The monoisotopic (exact) mass is 509 g/mol. The molecule has 0 radical (unpaired) electrons. The van der Waals surface area contributed by atoms with Crippen LogP contribution in [0.3, 0.4) is 0 Å². The van der Waals surface area contributed by atoms with Crippen LogP contribution in [0.5, 0.6) is 0 Å². The first-order valence-electron chi connectivity index (χ1n) is 12.4. The summed E-state index contributed by atoms with van der Waals surface area (Å²) in [7, 11) is 3.22. The molecule has 1 saturated heterocycles. The quantitative estimate of drug-likeness (QED) is 0.491. The fourth-order valence-electron chi connectivity index (χ4n) is 4.76. The van der Waals surface area contributed by atoms with Gasteiger partial charge < -0.3 is 14.7 Å². The number of amides is 1. The first-order valence-corrected chi connectivity index (χ1v) is 12.4. The predicted molar refractivity (Wildman–Crippen MR) is 137 cm³/mol. The van der Waals surface area contributed by atoms with Gasteiger partial charge in [-0.3, -0.25) is 19.0 Å². The number of carbonyl (C=O) groups excluding carboxylic acids is 2. The third-order valence-corrected chi connectivity index (χ3v) is 7.19. The van der Waals surface area contributed by atoms with Gasteiger partial charge in [-0.05, 0) is 67.1 Å². The zero-order chi connectivity index (χ0) is 26.9. The van der Waals surface area contributed by atoms with Gasteiger partial charge in [0.15, 0.2) is 5.78 Å². The van der Waals surface area contributed by atoms with Gasteiger partial charge in [0, 0.05) is 33.5 Å². The van der Waals surface area contributed by atoms with Crippen molar-refractivity contribution in [1.29, 1.82) is 0 Å². The number of aliphatic hydroxyl groups excluding tert-OH is 1. The number of ketones is 1. The number of benzene rings is 2. The van der Waals surface area contributed by atoms with Crippen molar-refractivity contribution in [3.05, 3.63) is 74.6 Å². The normalized spacial score (nSPS) is 17.7. The molecule has 37 heavy (non-hydrogen) atoms. The zero-order valence-electron chi connectivity index (χ0n) is 21.6. The molecule has 1 amide bonds. The van der Waals surface area contributed by atoms with Crippen molar-refractivity contribution in [3.8, 4) is 0 Å². The number of fused-ring (bicyclic) bond motifs is 1. The fraction of sp³-hybridized carbons (Fsp3) is 0.429. The van der Waals surface area contributed by atoms with Gasteiger partial charge in [-0.15, -0.1) is 0 Å². The topological polar surface area (TPSA) is 102 Å². The molecule has 0 saturated carbocycles. The van der Waals surface area contributed by atoms with Crippen LogP contribution in [0.1, 0.15) is 57.9 Å². The van der Waals surface area contributed by atoms with Gasteiger partial charge in [0.05, 0.1) is 41.5 Å². The molecule has 0 aliphatic carbocycles. The Bertz CT molecular complexity index is 1420. The third-order valence-electron chi connectivity index (χ3n) is 7.19. The summed E-state index contributed by atoms with van der Waals surface area (Å²) in [6, 6.07) is 5.87.